The molecule has 3 heteroatoms. The van der Waals surface area contributed by atoms with Gasteiger partial charge in [-0.1, -0.05) is 121 Å². The molecule has 0 atom stereocenters. The Balaban J connectivity index is 1.09. The highest BCUT2D eigenvalue weighted by molar-refractivity contribution is 7.25. The van der Waals surface area contributed by atoms with E-state index in [1.165, 1.54) is 15.5 Å². The molecule has 2 heterocycles. The third kappa shape index (κ3) is 4.62. The van der Waals surface area contributed by atoms with Crippen molar-refractivity contribution in [2.75, 3.05) is 4.90 Å². The van der Waals surface area contributed by atoms with E-state index < -0.39 is 0 Å². The summed E-state index contributed by atoms with van der Waals surface area (Å²) in [4.78, 5) is 2.32. The lowest BCUT2D eigenvalue weighted by Crippen LogP contribution is -2.09. The molecule has 49 heavy (non-hydrogen) atoms. The summed E-state index contributed by atoms with van der Waals surface area (Å²) in [6.07, 6.45) is 0. The predicted molar refractivity (Wildman–Crippen MR) is 210 cm³/mol. The molecule has 0 aliphatic heterocycles. The van der Waals surface area contributed by atoms with Gasteiger partial charge in [0.15, 0.2) is 0 Å². The summed E-state index contributed by atoms with van der Waals surface area (Å²) in [6, 6.07) is 60.4. The molecule has 0 fully saturated rings. The highest BCUT2D eigenvalue weighted by Crippen LogP contribution is 2.43. The van der Waals surface area contributed by atoms with Crippen LogP contribution in [0.2, 0.25) is 0 Å². The van der Waals surface area contributed by atoms with Crippen LogP contribution in [0.3, 0.4) is 0 Å². The van der Waals surface area contributed by atoms with Crippen LogP contribution in [0.15, 0.2) is 180 Å². The van der Waals surface area contributed by atoms with E-state index in [9.17, 15) is 0 Å². The van der Waals surface area contributed by atoms with E-state index in [0.717, 1.165) is 76.7 Å². The molecule has 0 spiro atoms. The van der Waals surface area contributed by atoms with Gasteiger partial charge < -0.3 is 9.32 Å². The minimum atomic E-state index is 0.570. The summed E-state index contributed by atoms with van der Waals surface area (Å²) in [6.45, 7) is 0. The summed E-state index contributed by atoms with van der Waals surface area (Å²) >= 11 is 1.75. The summed E-state index contributed by atoms with van der Waals surface area (Å²) in [7, 11) is 0. The first-order chi connectivity index (χ1) is 24.7. The standard InChI is InChI=1S/C46H29NOS/c1-2-10-33-29-36(28-19-30(33)9-1)47(34-24-20-31(21-25-34)37-13-8-18-44-45(37)41-12-4-6-17-43(41)49-44)35-26-22-32(23-27-35)38-14-7-15-40-39-11-3-5-16-42(39)48-46(38)40/h1-29H/i12D. The first-order valence-corrected chi connectivity index (χ1v) is 17.3. The molecule has 0 saturated carbocycles. The van der Waals surface area contributed by atoms with Crippen molar-refractivity contribution in [3.63, 3.8) is 0 Å². The van der Waals surface area contributed by atoms with Crippen molar-refractivity contribution in [1.29, 1.82) is 0 Å². The molecule has 10 rings (SSSR count). The number of thiophene rings is 1. The van der Waals surface area contributed by atoms with Crippen molar-refractivity contribution >= 4 is 81.3 Å². The van der Waals surface area contributed by atoms with Gasteiger partial charge in [0.05, 0.1) is 1.37 Å². The Hall–Kier alpha value is -6.16. The van der Waals surface area contributed by atoms with Crippen LogP contribution in [0, 0.1) is 0 Å². The van der Waals surface area contributed by atoms with Gasteiger partial charge in [0.1, 0.15) is 11.2 Å². The number of furan rings is 1. The van der Waals surface area contributed by atoms with Gasteiger partial charge in [-0.2, -0.15) is 0 Å². The van der Waals surface area contributed by atoms with Crippen molar-refractivity contribution in [1.82, 2.24) is 0 Å². The van der Waals surface area contributed by atoms with Crippen molar-refractivity contribution in [3.05, 3.63) is 176 Å². The molecule has 0 unspecified atom stereocenters. The number of rotatable bonds is 5. The highest BCUT2D eigenvalue weighted by Gasteiger charge is 2.17. The Kier molecular flexibility index (Phi) is 6.15. The highest BCUT2D eigenvalue weighted by atomic mass is 32.1. The predicted octanol–water partition coefficient (Wildman–Crippen LogP) is 13.9. The molecule has 2 nitrogen and oxygen atoms in total. The van der Waals surface area contributed by atoms with Crippen LogP contribution in [0.5, 0.6) is 0 Å². The van der Waals surface area contributed by atoms with E-state index in [1.807, 2.05) is 24.3 Å². The Morgan fingerprint density at radius 1 is 0.469 bits per heavy atom. The molecular weight excluding hydrogens is 615 g/mol. The average molecular weight is 645 g/mol. The first kappa shape index (κ1) is 26.9. The van der Waals surface area contributed by atoms with Crippen molar-refractivity contribution in [2.24, 2.45) is 0 Å². The van der Waals surface area contributed by atoms with Gasteiger partial charge in [-0.15, -0.1) is 11.3 Å². The largest absolute Gasteiger partial charge is 0.455 e. The molecule has 230 valence electrons. The maximum Gasteiger partial charge on any atom is 0.143 e. The van der Waals surface area contributed by atoms with Crippen molar-refractivity contribution in [2.45, 2.75) is 0 Å². The molecule has 10 aromatic rings. The molecule has 0 aliphatic carbocycles. The van der Waals surface area contributed by atoms with Crippen LogP contribution in [0.25, 0.3) is 75.1 Å². The lowest BCUT2D eigenvalue weighted by molar-refractivity contribution is 0.670. The molecule has 0 aliphatic rings. The van der Waals surface area contributed by atoms with E-state index >= 15 is 0 Å². The third-order valence-electron chi connectivity index (χ3n) is 9.58. The lowest BCUT2D eigenvalue weighted by Gasteiger charge is -2.26. The fourth-order valence-corrected chi connectivity index (χ4v) is 8.36. The van der Waals surface area contributed by atoms with Crippen LogP contribution >= 0.6 is 11.3 Å². The van der Waals surface area contributed by atoms with Gasteiger partial charge in [-0.05, 0) is 82.1 Å². The molecule has 0 amide bonds. The Morgan fingerprint density at radius 2 is 1.10 bits per heavy atom. The maximum absolute atomic E-state index is 8.69. The second kappa shape index (κ2) is 11.2. The lowest BCUT2D eigenvalue weighted by atomic mass is 9.99. The zero-order valence-electron chi connectivity index (χ0n) is 27.4. The van der Waals surface area contributed by atoms with Gasteiger partial charge in [0.2, 0.25) is 0 Å². The van der Waals surface area contributed by atoms with Gasteiger partial charge >= 0.3 is 0 Å². The smallest absolute Gasteiger partial charge is 0.143 e. The summed E-state index contributed by atoms with van der Waals surface area (Å²) in [5.74, 6) is 0. The number of anilines is 3. The van der Waals surface area contributed by atoms with E-state index in [0.29, 0.717) is 6.04 Å². The van der Waals surface area contributed by atoms with Crippen LogP contribution in [-0.4, -0.2) is 0 Å². The van der Waals surface area contributed by atoms with Gasteiger partial charge in [-0.25, -0.2) is 0 Å². The molecule has 8 aromatic carbocycles. The van der Waals surface area contributed by atoms with E-state index in [2.05, 4.69) is 150 Å². The number of hydrogen-bond donors (Lipinski definition) is 0. The molecule has 0 radical (unpaired) electrons. The first-order valence-electron chi connectivity index (χ1n) is 17.0. The molecule has 0 bridgehead atoms. The van der Waals surface area contributed by atoms with Crippen molar-refractivity contribution in [3.8, 4) is 22.3 Å². The van der Waals surface area contributed by atoms with E-state index in [1.54, 1.807) is 11.3 Å². The fraction of sp³-hybridized carbons (Fsp3) is 0. The summed E-state index contributed by atoms with van der Waals surface area (Å²) in [5, 5.41) is 6.86. The van der Waals surface area contributed by atoms with E-state index in [-0.39, 0.29) is 0 Å². The second-order valence-electron chi connectivity index (χ2n) is 12.4. The normalized spacial score (nSPS) is 12.0. The molecule has 0 N–H and O–H groups in total. The number of nitrogens with zero attached hydrogens (tertiary/aromatic N) is 1. The quantitative estimate of drug-likeness (QED) is 0.185. The third-order valence-corrected chi connectivity index (χ3v) is 10.7. The van der Waals surface area contributed by atoms with Crippen LogP contribution < -0.4 is 4.90 Å². The summed E-state index contributed by atoms with van der Waals surface area (Å²) < 4.78 is 17.4. The van der Waals surface area contributed by atoms with Gasteiger partial charge in [0.25, 0.3) is 0 Å². The Labute approximate surface area is 289 Å². The molecular formula is C46H29NOS. The number of hydrogen-bond acceptors (Lipinski definition) is 3. The van der Waals surface area contributed by atoms with Crippen LogP contribution in [0.1, 0.15) is 1.37 Å². The number of para-hydroxylation sites is 2. The summed E-state index contributed by atoms with van der Waals surface area (Å²) in [5.41, 5.74) is 9.52. The molecule has 2 aromatic heterocycles. The monoisotopic (exact) mass is 644 g/mol. The Morgan fingerprint density at radius 3 is 1.94 bits per heavy atom. The van der Waals surface area contributed by atoms with E-state index in [4.69, 9.17) is 5.79 Å². The van der Waals surface area contributed by atoms with Crippen LogP contribution in [-0.2, 0) is 0 Å². The Bertz CT molecular complexity index is 2880. The topological polar surface area (TPSA) is 16.4 Å². The minimum Gasteiger partial charge on any atom is -0.455 e. The van der Waals surface area contributed by atoms with Gasteiger partial charge in [-0.3, -0.25) is 0 Å². The fourth-order valence-electron chi connectivity index (χ4n) is 7.25. The van der Waals surface area contributed by atoms with Gasteiger partial charge in [0, 0.05) is 53.6 Å². The second-order valence-corrected chi connectivity index (χ2v) is 13.5. The SMILES string of the molecule is [2H]c1cccc2sc3cccc(-c4ccc(N(c5ccc(-c6cccc7c6oc6ccccc67)cc5)c5ccc6ccccc6c5)cc4)c3c12. The van der Waals surface area contributed by atoms with Crippen molar-refractivity contribution < 1.29 is 5.79 Å². The minimum absolute atomic E-state index is 0.570. The molecule has 0 saturated heterocycles. The van der Waals surface area contributed by atoms with Crippen LogP contribution in [0.4, 0.5) is 17.1 Å². The zero-order valence-corrected chi connectivity index (χ0v) is 27.2. The maximum atomic E-state index is 8.69. The number of benzene rings is 8. The average Bonchev–Trinajstić information content (AvgIpc) is 3.75. The number of fused-ring (bicyclic) bond motifs is 7. The zero-order chi connectivity index (χ0) is 33.2.